The number of hydrogen-bond acceptors (Lipinski definition) is 5. The molecule has 2 aromatic carbocycles. The van der Waals surface area contributed by atoms with Crippen molar-refractivity contribution in [1.29, 1.82) is 0 Å². The van der Waals surface area contributed by atoms with Gasteiger partial charge in [-0.2, -0.15) is 13.2 Å². The van der Waals surface area contributed by atoms with E-state index in [0.29, 0.717) is 30.5 Å². The van der Waals surface area contributed by atoms with Crippen LogP contribution in [0.3, 0.4) is 0 Å². The Balaban J connectivity index is 0.000000505. The second-order valence-corrected chi connectivity index (χ2v) is 9.72. The molecule has 7 nitrogen and oxygen atoms in total. The molecule has 4 rings (SSSR count). The maximum atomic E-state index is 12.7. The summed E-state index contributed by atoms with van der Waals surface area (Å²) in [6.07, 6.45) is -2.22. The fourth-order valence-electron chi connectivity index (χ4n) is 4.95. The van der Waals surface area contributed by atoms with E-state index in [-0.39, 0.29) is 5.91 Å². The molecule has 1 fully saturated rings. The number of amides is 1. The zero-order valence-electron chi connectivity index (χ0n) is 21.7. The molecular weight excluding hydrogens is 501 g/mol. The summed E-state index contributed by atoms with van der Waals surface area (Å²) in [5, 5.41) is 17.8. The smallest absolute Gasteiger partial charge is 0.490 e. The minimum atomic E-state index is -5.08. The molecule has 10 heteroatoms. The summed E-state index contributed by atoms with van der Waals surface area (Å²) >= 11 is 0. The number of likely N-dealkylation sites (tertiary alicyclic amines) is 1. The Morgan fingerprint density at radius 2 is 1.87 bits per heavy atom. The molecule has 208 valence electrons. The molecule has 2 aromatic rings. The number of aliphatic hydroxyl groups excluding tert-OH is 1. The van der Waals surface area contributed by atoms with Crippen LogP contribution in [0.25, 0.3) is 0 Å². The molecule has 2 N–H and O–H groups in total. The number of carboxylic acids is 1. The number of aliphatic hydroxyl groups is 1. The number of carbonyl (C=O) groups excluding carboxylic acids is 1. The molecule has 0 spiro atoms. The minimum Gasteiger partial charge on any atom is -0.493 e. The zero-order valence-corrected chi connectivity index (χ0v) is 21.7. The summed E-state index contributed by atoms with van der Waals surface area (Å²) in [4.78, 5) is 25.8. The van der Waals surface area contributed by atoms with Gasteiger partial charge in [-0.1, -0.05) is 37.3 Å². The zero-order chi connectivity index (χ0) is 27.9. The number of benzene rings is 2. The van der Waals surface area contributed by atoms with Gasteiger partial charge in [-0.15, -0.1) is 0 Å². The fraction of sp³-hybridized carbons (Fsp3) is 0.500. The lowest BCUT2D eigenvalue weighted by molar-refractivity contribution is -0.192. The molecule has 0 bridgehead atoms. The van der Waals surface area contributed by atoms with Crippen molar-refractivity contribution in [2.45, 2.75) is 58.0 Å². The molecule has 38 heavy (non-hydrogen) atoms. The van der Waals surface area contributed by atoms with E-state index in [1.54, 1.807) is 4.90 Å². The largest absolute Gasteiger partial charge is 0.493 e. The van der Waals surface area contributed by atoms with E-state index in [9.17, 15) is 23.1 Å². The lowest BCUT2D eigenvalue weighted by atomic mass is 9.93. The number of rotatable bonds is 7. The Morgan fingerprint density at radius 1 is 1.18 bits per heavy atom. The van der Waals surface area contributed by atoms with Crippen LogP contribution < -0.4 is 4.74 Å². The van der Waals surface area contributed by atoms with Crippen molar-refractivity contribution < 1.29 is 37.7 Å². The third-order valence-electron chi connectivity index (χ3n) is 7.01. The molecule has 3 unspecified atom stereocenters. The van der Waals surface area contributed by atoms with Gasteiger partial charge in [-0.05, 0) is 68.0 Å². The first-order valence-corrected chi connectivity index (χ1v) is 12.8. The Morgan fingerprint density at radius 3 is 2.47 bits per heavy atom. The van der Waals surface area contributed by atoms with Gasteiger partial charge in [0.15, 0.2) is 0 Å². The van der Waals surface area contributed by atoms with Crippen molar-refractivity contribution >= 4 is 11.9 Å². The van der Waals surface area contributed by atoms with Crippen LogP contribution in [0.5, 0.6) is 5.75 Å². The van der Waals surface area contributed by atoms with Crippen LogP contribution in [-0.4, -0.2) is 76.6 Å². The summed E-state index contributed by atoms with van der Waals surface area (Å²) in [5.41, 5.74) is 3.33. The molecule has 2 heterocycles. The van der Waals surface area contributed by atoms with Gasteiger partial charge in [0.05, 0.1) is 6.61 Å². The first-order valence-electron chi connectivity index (χ1n) is 12.8. The molecule has 1 amide bonds. The molecule has 0 aliphatic carbocycles. The molecule has 2 aliphatic rings. The summed E-state index contributed by atoms with van der Waals surface area (Å²) in [7, 11) is 0. The van der Waals surface area contributed by atoms with Crippen molar-refractivity contribution in [3.8, 4) is 5.75 Å². The number of halogens is 3. The average molecular weight is 537 g/mol. The normalized spacial score (nSPS) is 19.7. The van der Waals surface area contributed by atoms with Gasteiger partial charge in [0.2, 0.25) is 0 Å². The Hall–Kier alpha value is -3.11. The van der Waals surface area contributed by atoms with E-state index in [1.165, 1.54) is 11.1 Å². The third kappa shape index (κ3) is 7.94. The van der Waals surface area contributed by atoms with E-state index >= 15 is 0 Å². The first-order chi connectivity index (χ1) is 18.0. The van der Waals surface area contributed by atoms with Crippen molar-refractivity contribution in [1.82, 2.24) is 9.80 Å². The van der Waals surface area contributed by atoms with Crippen LogP contribution in [0.15, 0.2) is 48.5 Å². The summed E-state index contributed by atoms with van der Waals surface area (Å²) in [6.45, 7) is 7.83. The third-order valence-corrected chi connectivity index (χ3v) is 7.01. The quantitative estimate of drug-likeness (QED) is 0.546. The van der Waals surface area contributed by atoms with Crippen LogP contribution in [0, 0.1) is 5.92 Å². The maximum absolute atomic E-state index is 12.7. The topological polar surface area (TPSA) is 90.3 Å². The van der Waals surface area contributed by atoms with Crippen molar-refractivity contribution in [3.05, 3.63) is 65.2 Å². The van der Waals surface area contributed by atoms with E-state index in [2.05, 4.69) is 36.9 Å². The maximum Gasteiger partial charge on any atom is 0.490 e. The highest BCUT2D eigenvalue weighted by atomic mass is 19.4. The number of fused-ring (bicyclic) bond motifs is 1. The lowest BCUT2D eigenvalue weighted by Gasteiger charge is -2.39. The highest BCUT2D eigenvalue weighted by Crippen LogP contribution is 2.28. The van der Waals surface area contributed by atoms with Crippen LogP contribution >= 0.6 is 0 Å². The highest BCUT2D eigenvalue weighted by molar-refractivity contribution is 5.94. The van der Waals surface area contributed by atoms with Gasteiger partial charge in [0.1, 0.15) is 12.0 Å². The number of ether oxygens (including phenoxy) is 1. The molecular formula is C28H35F3N2O5. The number of nitrogens with zero attached hydrogens (tertiary/aromatic N) is 2. The number of likely N-dealkylation sites (N-methyl/N-ethyl adjacent to an activating group) is 1. The molecule has 0 saturated carbocycles. The summed E-state index contributed by atoms with van der Waals surface area (Å²) in [5.74, 6) is -1.40. The number of aliphatic carboxylic acids is 1. The number of alkyl halides is 3. The van der Waals surface area contributed by atoms with Gasteiger partial charge in [0.25, 0.3) is 5.91 Å². The Kier molecular flexibility index (Phi) is 10.2. The van der Waals surface area contributed by atoms with Gasteiger partial charge in [-0.25, -0.2) is 4.79 Å². The standard InChI is InChI=1S/C26H34N2O3.C2HF3O2/c1-3-27(19(2)15-20-9-10-24-23(16-20)12-14-31-24)18-21-11-13-28(25(29)17-21)26(30)22-7-5-4-6-8-22;3-2(4,5)1(6)7/h4-10,16,19,21,25,29H,3,11-15,17-18H2,1-2H3;(H,6,7). The molecule has 3 atom stereocenters. The van der Waals surface area contributed by atoms with Crippen molar-refractivity contribution in [2.24, 2.45) is 5.92 Å². The van der Waals surface area contributed by atoms with E-state index in [4.69, 9.17) is 14.6 Å². The Labute approximate surface area is 220 Å². The fourth-order valence-corrected chi connectivity index (χ4v) is 4.95. The minimum absolute atomic E-state index is 0.0761. The highest BCUT2D eigenvalue weighted by Gasteiger charge is 2.38. The molecule has 0 aromatic heterocycles. The predicted molar refractivity (Wildman–Crippen MR) is 136 cm³/mol. The van der Waals surface area contributed by atoms with Crippen LogP contribution in [0.2, 0.25) is 0 Å². The number of carbonyl (C=O) groups is 2. The second kappa shape index (κ2) is 13.1. The molecule has 2 aliphatic heterocycles. The van der Waals surface area contributed by atoms with E-state index in [1.807, 2.05) is 30.3 Å². The molecule has 1 saturated heterocycles. The number of carboxylic acid groups (broad SMARTS) is 1. The predicted octanol–water partition coefficient (Wildman–Crippen LogP) is 4.38. The summed E-state index contributed by atoms with van der Waals surface area (Å²) < 4.78 is 37.4. The van der Waals surface area contributed by atoms with E-state index in [0.717, 1.165) is 44.7 Å². The van der Waals surface area contributed by atoms with Crippen LogP contribution in [0.1, 0.15) is 48.2 Å². The van der Waals surface area contributed by atoms with Crippen LogP contribution in [0.4, 0.5) is 13.2 Å². The Bertz CT molecular complexity index is 1080. The van der Waals surface area contributed by atoms with Crippen molar-refractivity contribution in [3.63, 3.8) is 0 Å². The first kappa shape index (κ1) is 29.4. The van der Waals surface area contributed by atoms with Gasteiger partial charge >= 0.3 is 12.1 Å². The number of piperidine rings is 1. The van der Waals surface area contributed by atoms with Crippen LogP contribution in [-0.2, 0) is 17.6 Å². The second-order valence-electron chi connectivity index (χ2n) is 9.72. The van der Waals surface area contributed by atoms with Gasteiger partial charge in [0, 0.05) is 31.1 Å². The summed E-state index contributed by atoms with van der Waals surface area (Å²) in [6, 6.07) is 16.3. The van der Waals surface area contributed by atoms with Crippen molar-refractivity contribution in [2.75, 3.05) is 26.2 Å². The van der Waals surface area contributed by atoms with Gasteiger partial charge < -0.3 is 24.7 Å². The monoisotopic (exact) mass is 536 g/mol. The van der Waals surface area contributed by atoms with E-state index < -0.39 is 18.4 Å². The number of hydrogen-bond donors (Lipinski definition) is 2. The van der Waals surface area contributed by atoms with Gasteiger partial charge in [-0.3, -0.25) is 4.79 Å². The lowest BCUT2D eigenvalue weighted by Crippen LogP contribution is -2.49. The SMILES string of the molecule is CCN(CC1CCN(C(=O)c2ccccc2)C(O)C1)C(C)Cc1ccc2c(c1)CCO2.O=C(O)C(F)(F)F. The average Bonchev–Trinajstić information content (AvgIpc) is 3.35. The molecule has 0 radical (unpaired) electrons.